The molecule has 0 aromatic heterocycles. The molecule has 0 saturated carbocycles. The van der Waals surface area contributed by atoms with Gasteiger partial charge >= 0.3 is 11.9 Å². The maximum Gasteiger partial charge on any atom is 0.320 e. The van der Waals surface area contributed by atoms with Gasteiger partial charge < -0.3 is 10.2 Å². The van der Waals surface area contributed by atoms with Gasteiger partial charge in [-0.3, -0.25) is 9.59 Å². The van der Waals surface area contributed by atoms with Gasteiger partial charge in [0.05, 0.1) is 0 Å². The summed E-state index contributed by atoms with van der Waals surface area (Å²) in [6.45, 7) is 3.36. The van der Waals surface area contributed by atoms with E-state index in [4.69, 9.17) is 10.2 Å². The van der Waals surface area contributed by atoms with E-state index in [9.17, 15) is 9.59 Å². The fourth-order valence-corrected chi connectivity index (χ4v) is 1.49. The second-order valence-electron chi connectivity index (χ2n) is 3.66. The van der Waals surface area contributed by atoms with Gasteiger partial charge in [0, 0.05) is 0 Å². The summed E-state index contributed by atoms with van der Waals surface area (Å²) < 4.78 is -1.00. The van der Waals surface area contributed by atoms with Crippen molar-refractivity contribution in [1.29, 1.82) is 0 Å². The zero-order chi connectivity index (χ0) is 12.2. The second-order valence-corrected chi connectivity index (χ2v) is 6.42. The van der Waals surface area contributed by atoms with E-state index in [1.807, 2.05) is 0 Å². The highest BCUT2D eigenvalue weighted by atomic mass is 79.9. The molecule has 4 nitrogen and oxygen atoms in total. The predicted molar refractivity (Wildman–Crippen MR) is 63.7 cm³/mol. The SMILES string of the molecule is CC(CCC(Br)C(=O)O)C(C)(Br)C(=O)O. The first-order chi connectivity index (χ1) is 6.69. The van der Waals surface area contributed by atoms with Crippen LogP contribution in [0.5, 0.6) is 0 Å². The van der Waals surface area contributed by atoms with Gasteiger partial charge in [0.25, 0.3) is 0 Å². The number of alkyl halides is 2. The molecular weight excluding hydrogens is 332 g/mol. The number of carboxylic acid groups (broad SMARTS) is 2. The molecule has 2 N–H and O–H groups in total. The first-order valence-corrected chi connectivity index (χ1v) is 6.19. The molecule has 0 radical (unpaired) electrons. The van der Waals surface area contributed by atoms with Gasteiger partial charge in [-0.2, -0.15) is 0 Å². The normalized spacial score (nSPS) is 18.9. The molecule has 0 fully saturated rings. The minimum atomic E-state index is -1.00. The van der Waals surface area contributed by atoms with Crippen molar-refractivity contribution in [2.45, 2.75) is 35.8 Å². The topological polar surface area (TPSA) is 74.6 Å². The molecule has 15 heavy (non-hydrogen) atoms. The van der Waals surface area contributed by atoms with E-state index in [0.29, 0.717) is 12.8 Å². The van der Waals surface area contributed by atoms with Crippen molar-refractivity contribution in [3.63, 3.8) is 0 Å². The Balaban J connectivity index is 4.20. The average Bonchev–Trinajstić information content (AvgIpc) is 2.12. The monoisotopic (exact) mass is 344 g/mol. The fraction of sp³-hybridized carbons (Fsp3) is 0.778. The number of halogens is 2. The smallest absolute Gasteiger partial charge is 0.320 e. The maximum atomic E-state index is 10.9. The van der Waals surface area contributed by atoms with E-state index in [1.54, 1.807) is 13.8 Å². The Morgan fingerprint density at radius 1 is 1.33 bits per heavy atom. The van der Waals surface area contributed by atoms with Crippen molar-refractivity contribution in [3.8, 4) is 0 Å². The molecule has 0 saturated heterocycles. The Bertz CT molecular complexity index is 252. The predicted octanol–water partition coefficient (Wildman–Crippen LogP) is 2.49. The third-order valence-corrected chi connectivity index (χ3v) is 4.43. The van der Waals surface area contributed by atoms with Crippen LogP contribution in [0.3, 0.4) is 0 Å². The Kier molecular flexibility index (Phi) is 5.80. The van der Waals surface area contributed by atoms with Crippen molar-refractivity contribution in [1.82, 2.24) is 0 Å². The molecular formula is C9H14Br2O4. The molecule has 6 heteroatoms. The Morgan fingerprint density at radius 2 is 1.80 bits per heavy atom. The fourth-order valence-electron chi connectivity index (χ4n) is 1.00. The Morgan fingerprint density at radius 3 is 2.13 bits per heavy atom. The summed E-state index contributed by atoms with van der Waals surface area (Å²) in [5, 5.41) is 17.5. The van der Waals surface area contributed by atoms with Crippen LogP contribution in [0.1, 0.15) is 26.7 Å². The van der Waals surface area contributed by atoms with Gasteiger partial charge in [0.15, 0.2) is 0 Å². The van der Waals surface area contributed by atoms with Crippen LogP contribution in [0.2, 0.25) is 0 Å². The van der Waals surface area contributed by atoms with Crippen LogP contribution < -0.4 is 0 Å². The standard InChI is InChI=1S/C9H14Br2O4/c1-5(9(2,11)8(14)15)3-4-6(10)7(12)13/h5-6H,3-4H2,1-2H3,(H,12,13)(H,14,15). The highest BCUT2D eigenvalue weighted by Crippen LogP contribution is 2.31. The minimum Gasteiger partial charge on any atom is -0.480 e. The first kappa shape index (κ1) is 14.9. The lowest BCUT2D eigenvalue weighted by molar-refractivity contribution is -0.140. The number of aliphatic carboxylic acids is 2. The quantitative estimate of drug-likeness (QED) is 0.725. The third-order valence-electron chi connectivity index (χ3n) is 2.46. The molecule has 0 rings (SSSR count). The second kappa shape index (κ2) is 5.84. The van der Waals surface area contributed by atoms with E-state index in [1.165, 1.54) is 0 Å². The van der Waals surface area contributed by atoms with Crippen molar-refractivity contribution in [2.24, 2.45) is 5.92 Å². The van der Waals surface area contributed by atoms with Crippen LogP contribution in [0, 0.1) is 5.92 Å². The largest absolute Gasteiger partial charge is 0.480 e. The van der Waals surface area contributed by atoms with Gasteiger partial charge in [0.2, 0.25) is 0 Å². The number of carboxylic acids is 2. The van der Waals surface area contributed by atoms with E-state index >= 15 is 0 Å². The third kappa shape index (κ3) is 4.51. The maximum absolute atomic E-state index is 10.9. The van der Waals surface area contributed by atoms with E-state index in [0.717, 1.165) is 0 Å². The van der Waals surface area contributed by atoms with Crippen LogP contribution >= 0.6 is 31.9 Å². The summed E-state index contributed by atoms with van der Waals surface area (Å²) in [4.78, 5) is 20.8. The van der Waals surface area contributed by atoms with Crippen molar-refractivity contribution in [3.05, 3.63) is 0 Å². The number of rotatable bonds is 6. The number of carbonyl (C=O) groups is 2. The molecule has 0 bridgehead atoms. The molecule has 0 aromatic rings. The summed E-state index contributed by atoms with van der Waals surface area (Å²) in [6, 6.07) is 0. The highest BCUT2D eigenvalue weighted by Gasteiger charge is 2.36. The number of hydrogen-bond acceptors (Lipinski definition) is 2. The summed E-state index contributed by atoms with van der Waals surface area (Å²) in [7, 11) is 0. The zero-order valence-corrected chi connectivity index (χ0v) is 11.7. The molecule has 88 valence electrons. The molecule has 0 aliphatic heterocycles. The first-order valence-electron chi connectivity index (χ1n) is 4.48. The molecule has 0 aromatic carbocycles. The van der Waals surface area contributed by atoms with E-state index in [2.05, 4.69) is 31.9 Å². The lowest BCUT2D eigenvalue weighted by Crippen LogP contribution is -2.35. The number of hydrogen-bond donors (Lipinski definition) is 2. The molecule has 0 heterocycles. The summed E-state index contributed by atoms with van der Waals surface area (Å²) in [5.41, 5.74) is 0. The summed E-state index contributed by atoms with van der Waals surface area (Å²) in [6.07, 6.45) is 0.932. The van der Waals surface area contributed by atoms with E-state index < -0.39 is 21.1 Å². The van der Waals surface area contributed by atoms with Gasteiger partial charge in [-0.05, 0) is 25.7 Å². The van der Waals surface area contributed by atoms with Crippen LogP contribution in [0.4, 0.5) is 0 Å². The van der Waals surface area contributed by atoms with Crippen molar-refractivity contribution < 1.29 is 19.8 Å². The molecule has 0 spiro atoms. The summed E-state index contributed by atoms with van der Waals surface area (Å²) >= 11 is 6.15. The molecule has 0 aliphatic rings. The van der Waals surface area contributed by atoms with Crippen molar-refractivity contribution in [2.75, 3.05) is 0 Å². The summed E-state index contributed by atoms with van der Waals surface area (Å²) in [5.74, 6) is -2.00. The Hall–Kier alpha value is -0.100. The Labute approximate surface area is 105 Å². The molecule has 3 unspecified atom stereocenters. The lowest BCUT2D eigenvalue weighted by Gasteiger charge is -2.25. The van der Waals surface area contributed by atoms with Crippen LogP contribution in [0.25, 0.3) is 0 Å². The molecule has 0 amide bonds. The van der Waals surface area contributed by atoms with E-state index in [-0.39, 0.29) is 5.92 Å². The van der Waals surface area contributed by atoms with Gasteiger partial charge in [-0.15, -0.1) is 0 Å². The van der Waals surface area contributed by atoms with Gasteiger partial charge in [0.1, 0.15) is 9.15 Å². The zero-order valence-electron chi connectivity index (χ0n) is 8.54. The van der Waals surface area contributed by atoms with Crippen LogP contribution in [-0.2, 0) is 9.59 Å². The van der Waals surface area contributed by atoms with Crippen LogP contribution in [0.15, 0.2) is 0 Å². The van der Waals surface area contributed by atoms with Crippen LogP contribution in [-0.4, -0.2) is 31.3 Å². The lowest BCUT2D eigenvalue weighted by atomic mass is 9.91. The molecule has 0 aliphatic carbocycles. The van der Waals surface area contributed by atoms with Gasteiger partial charge in [-0.1, -0.05) is 38.8 Å². The van der Waals surface area contributed by atoms with Crippen molar-refractivity contribution >= 4 is 43.8 Å². The molecule has 3 atom stereocenters. The average molecular weight is 346 g/mol. The van der Waals surface area contributed by atoms with Gasteiger partial charge in [-0.25, -0.2) is 0 Å². The minimum absolute atomic E-state index is 0.144. The highest BCUT2D eigenvalue weighted by molar-refractivity contribution is 9.10.